The first-order chi connectivity index (χ1) is 21.9. The van der Waals surface area contributed by atoms with E-state index in [4.69, 9.17) is 37.5 Å². The zero-order valence-electron chi connectivity index (χ0n) is 25.9. The van der Waals surface area contributed by atoms with Crippen molar-refractivity contribution in [1.82, 2.24) is 19.9 Å². The van der Waals surface area contributed by atoms with Gasteiger partial charge in [-0.05, 0) is 58.0 Å². The van der Waals surface area contributed by atoms with Crippen LogP contribution in [0.25, 0.3) is 10.9 Å². The van der Waals surface area contributed by atoms with E-state index in [0.29, 0.717) is 36.6 Å². The number of hydrogen-bond acceptors (Lipinski definition) is 8. The molecule has 0 atom stereocenters. The minimum absolute atomic E-state index is 0.0777. The molecule has 1 aromatic heterocycles. The van der Waals surface area contributed by atoms with Gasteiger partial charge in [0.2, 0.25) is 15.9 Å². The smallest absolute Gasteiger partial charge is 0.470 e. The molecule has 0 unspecified atom stereocenters. The van der Waals surface area contributed by atoms with Crippen LogP contribution in [0, 0.1) is 6.92 Å². The molecule has 2 amide bonds. The second-order valence-corrected chi connectivity index (χ2v) is 13.5. The Labute approximate surface area is 280 Å². The van der Waals surface area contributed by atoms with E-state index >= 15 is 0 Å². The van der Waals surface area contributed by atoms with Crippen LogP contribution in [0.1, 0.15) is 31.5 Å². The molecule has 1 saturated heterocycles. The van der Waals surface area contributed by atoms with Crippen molar-refractivity contribution < 1.29 is 40.7 Å². The molecule has 17 heteroatoms. The maximum Gasteiger partial charge on any atom is 0.470 e. The van der Waals surface area contributed by atoms with Crippen LogP contribution in [0.4, 0.5) is 13.2 Å². The molecule has 2 aromatic carbocycles. The number of nitrogens with two attached hydrogens (primary N) is 1. The first-order valence-electron chi connectivity index (χ1n) is 14.4. The zero-order valence-corrected chi connectivity index (χ0v) is 28.2. The minimum atomic E-state index is -4.86. The molecule has 0 aliphatic carbocycles. The van der Waals surface area contributed by atoms with Gasteiger partial charge in [-0.25, -0.2) is 13.4 Å². The summed E-state index contributed by atoms with van der Waals surface area (Å²) in [6.07, 6.45) is -4.12. The standard InChI is InChI=1S/C28H34Cl2N4O5S.C2H2F3NO/c1-19-8-9-20-6-4-7-23(26(20)32-19)39-18-21-22(29)10-11-24(25(21)30)40(36,37)33-28(2,3)27(35)31-12-5-13-34-14-16-38-17-15-34;3-2(4,5)1(6)7/h4,6-11,33H,5,12-18H2,1-3H3,(H,31,35);(H2,6,7). The number of benzene rings is 2. The van der Waals surface area contributed by atoms with E-state index in [1.54, 1.807) is 6.07 Å². The number of para-hydroxylation sites is 1. The summed E-state index contributed by atoms with van der Waals surface area (Å²) in [6, 6.07) is 12.2. The van der Waals surface area contributed by atoms with Crippen LogP contribution >= 0.6 is 23.2 Å². The predicted molar refractivity (Wildman–Crippen MR) is 172 cm³/mol. The van der Waals surface area contributed by atoms with Crippen LogP contribution in [-0.2, 0) is 31.0 Å². The number of hydrogen-bond donors (Lipinski definition) is 3. The normalized spacial score (nSPS) is 14.3. The van der Waals surface area contributed by atoms with Gasteiger partial charge in [0, 0.05) is 41.3 Å². The van der Waals surface area contributed by atoms with Crippen molar-refractivity contribution in [2.24, 2.45) is 5.73 Å². The molecule has 1 aliphatic heterocycles. The van der Waals surface area contributed by atoms with Gasteiger partial charge in [0.15, 0.2) is 0 Å². The average molecular weight is 723 g/mol. The monoisotopic (exact) mass is 721 g/mol. The summed E-state index contributed by atoms with van der Waals surface area (Å²) in [5.41, 5.74) is 4.20. The third-order valence-electron chi connectivity index (χ3n) is 6.91. The highest BCUT2D eigenvalue weighted by Crippen LogP contribution is 2.33. The number of nitrogens with zero attached hydrogens (tertiary/aromatic N) is 2. The van der Waals surface area contributed by atoms with Crippen LogP contribution in [0.5, 0.6) is 5.75 Å². The molecular formula is C30H36Cl2F3N5O6S. The Morgan fingerprint density at radius 2 is 1.74 bits per heavy atom. The highest BCUT2D eigenvalue weighted by molar-refractivity contribution is 7.89. The van der Waals surface area contributed by atoms with Gasteiger partial charge in [0.05, 0.1) is 18.2 Å². The second-order valence-electron chi connectivity index (χ2n) is 11.1. The van der Waals surface area contributed by atoms with E-state index < -0.39 is 33.6 Å². The molecule has 3 aromatic rings. The molecule has 4 N–H and O–H groups in total. The van der Waals surface area contributed by atoms with Crippen LogP contribution in [0.15, 0.2) is 47.4 Å². The zero-order chi connectivity index (χ0) is 35.0. The van der Waals surface area contributed by atoms with Gasteiger partial charge in [-0.2, -0.15) is 17.9 Å². The SMILES string of the molecule is Cc1ccc2cccc(OCc3c(Cl)ccc(S(=O)(=O)NC(C)(C)C(=O)NCCCN4CCOCC4)c3Cl)c2n1.NC(=O)C(F)(F)F. The molecular weight excluding hydrogens is 686 g/mol. The maximum absolute atomic E-state index is 13.4. The minimum Gasteiger partial charge on any atom is -0.487 e. The van der Waals surface area contributed by atoms with Gasteiger partial charge in [-0.3, -0.25) is 14.5 Å². The second kappa shape index (κ2) is 16.3. The fourth-order valence-corrected chi connectivity index (χ4v) is 6.65. The van der Waals surface area contributed by atoms with Crippen molar-refractivity contribution >= 4 is 55.9 Å². The van der Waals surface area contributed by atoms with Crippen molar-refractivity contribution in [3.05, 3.63) is 63.8 Å². The number of fused-ring (bicyclic) bond motifs is 1. The lowest BCUT2D eigenvalue weighted by atomic mass is 10.1. The van der Waals surface area contributed by atoms with E-state index in [1.807, 2.05) is 31.2 Å². The maximum atomic E-state index is 13.4. The molecule has 0 spiro atoms. The first kappa shape index (κ1) is 38.2. The molecule has 258 valence electrons. The summed E-state index contributed by atoms with van der Waals surface area (Å²) in [5, 5.41) is 3.91. The summed E-state index contributed by atoms with van der Waals surface area (Å²) < 4.78 is 72.7. The van der Waals surface area contributed by atoms with Gasteiger partial charge in [-0.1, -0.05) is 41.4 Å². The molecule has 1 fully saturated rings. The molecule has 0 radical (unpaired) electrons. The number of aryl methyl sites for hydroxylation is 1. The van der Waals surface area contributed by atoms with Crippen molar-refractivity contribution in [2.75, 3.05) is 39.4 Å². The topological polar surface area (TPSA) is 153 Å². The number of carbonyl (C=O) groups is 2. The van der Waals surface area contributed by atoms with E-state index in [9.17, 15) is 26.4 Å². The van der Waals surface area contributed by atoms with Crippen molar-refractivity contribution in [2.45, 2.75) is 50.4 Å². The number of halogens is 5. The number of sulfonamides is 1. The van der Waals surface area contributed by atoms with Crippen molar-refractivity contribution in [3.8, 4) is 5.75 Å². The van der Waals surface area contributed by atoms with E-state index in [0.717, 1.165) is 37.1 Å². The predicted octanol–water partition coefficient (Wildman–Crippen LogP) is 4.36. The van der Waals surface area contributed by atoms with Gasteiger partial charge in [-0.15, -0.1) is 0 Å². The third kappa shape index (κ3) is 10.9. The number of rotatable bonds is 11. The third-order valence-corrected chi connectivity index (χ3v) is 9.51. The van der Waals surface area contributed by atoms with Crippen molar-refractivity contribution in [3.63, 3.8) is 0 Å². The van der Waals surface area contributed by atoms with Gasteiger partial charge < -0.3 is 20.5 Å². The summed E-state index contributed by atoms with van der Waals surface area (Å²) in [6.45, 7) is 9.23. The molecule has 0 bridgehead atoms. The number of pyridine rings is 1. The molecule has 47 heavy (non-hydrogen) atoms. The summed E-state index contributed by atoms with van der Waals surface area (Å²) in [5.74, 6) is -2.18. The largest absolute Gasteiger partial charge is 0.487 e. The quantitative estimate of drug-likeness (QED) is 0.247. The van der Waals surface area contributed by atoms with E-state index in [2.05, 4.69) is 25.7 Å². The lowest BCUT2D eigenvalue weighted by Crippen LogP contribution is -2.54. The Morgan fingerprint density at radius 1 is 1.09 bits per heavy atom. The van der Waals surface area contributed by atoms with Crippen LogP contribution < -0.4 is 20.5 Å². The van der Waals surface area contributed by atoms with E-state index in [-0.39, 0.29) is 21.5 Å². The Balaban J connectivity index is 0.000000771. The fraction of sp³-hybridized carbons (Fsp3) is 0.433. The first-order valence-corrected chi connectivity index (χ1v) is 16.6. The average Bonchev–Trinajstić information content (AvgIpc) is 2.99. The van der Waals surface area contributed by atoms with Gasteiger partial charge in [0.25, 0.3) is 0 Å². The number of alkyl halides is 3. The van der Waals surface area contributed by atoms with E-state index in [1.165, 1.54) is 26.0 Å². The highest BCUT2D eigenvalue weighted by Gasteiger charge is 2.36. The Kier molecular flexibility index (Phi) is 13.2. The van der Waals surface area contributed by atoms with Gasteiger partial charge in [0.1, 0.15) is 28.3 Å². The molecule has 2 heterocycles. The number of morpholine rings is 1. The molecule has 0 saturated carbocycles. The summed E-state index contributed by atoms with van der Waals surface area (Å²) >= 11 is 13.0. The van der Waals surface area contributed by atoms with Crippen LogP contribution in [0.2, 0.25) is 10.0 Å². The number of aromatic nitrogens is 1. The molecule has 11 nitrogen and oxygen atoms in total. The van der Waals surface area contributed by atoms with Gasteiger partial charge >= 0.3 is 12.1 Å². The van der Waals surface area contributed by atoms with Crippen molar-refractivity contribution in [1.29, 1.82) is 0 Å². The Morgan fingerprint density at radius 3 is 2.38 bits per heavy atom. The van der Waals surface area contributed by atoms with Crippen LogP contribution in [-0.4, -0.2) is 81.2 Å². The molecule has 1 aliphatic rings. The lowest BCUT2D eigenvalue weighted by Gasteiger charge is -2.27. The number of nitrogens with one attached hydrogen (secondary N) is 2. The van der Waals surface area contributed by atoms with Crippen LogP contribution in [0.3, 0.4) is 0 Å². The summed E-state index contributed by atoms with van der Waals surface area (Å²) in [4.78, 5) is 28.6. The highest BCUT2D eigenvalue weighted by atomic mass is 35.5. The number of primary amides is 1. The molecule has 4 rings (SSSR count). The number of carbonyl (C=O) groups excluding carboxylic acids is 2. The summed E-state index contributed by atoms with van der Waals surface area (Å²) in [7, 11) is -4.20. The lowest BCUT2D eigenvalue weighted by molar-refractivity contribution is -0.169. The number of amides is 2. The Bertz CT molecular complexity index is 1690. The number of ether oxygens (including phenoxy) is 2. The Hall–Kier alpha value is -3.21. The fourth-order valence-electron chi connectivity index (χ4n) is 4.39.